The Balaban J connectivity index is 2.08. The van der Waals surface area contributed by atoms with Crippen LogP contribution in [0.3, 0.4) is 0 Å². The van der Waals surface area contributed by atoms with Crippen LogP contribution in [0.5, 0.6) is 0 Å². The van der Waals surface area contributed by atoms with E-state index < -0.39 is 16.6 Å². The Hall–Kier alpha value is -1.72. The van der Waals surface area contributed by atoms with Gasteiger partial charge in [0.1, 0.15) is 5.82 Å². The summed E-state index contributed by atoms with van der Waals surface area (Å²) < 4.78 is 24.8. The minimum absolute atomic E-state index is 0.0512. The van der Waals surface area contributed by atoms with Crippen molar-refractivity contribution in [2.24, 2.45) is 0 Å². The van der Waals surface area contributed by atoms with E-state index in [2.05, 4.69) is 5.32 Å². The van der Waals surface area contributed by atoms with Crippen LogP contribution in [0.25, 0.3) is 0 Å². The van der Waals surface area contributed by atoms with Crippen LogP contribution in [0.15, 0.2) is 42.5 Å². The fourth-order valence-electron chi connectivity index (χ4n) is 2.00. The largest absolute Gasteiger partial charge is 0.326 e. The van der Waals surface area contributed by atoms with Gasteiger partial charge in [-0.2, -0.15) is 0 Å². The Morgan fingerprint density at radius 3 is 2.64 bits per heavy atom. The number of halogens is 2. The molecular formula is C16H15ClFNO2S. The Kier molecular flexibility index (Phi) is 5.69. The van der Waals surface area contributed by atoms with Crippen molar-refractivity contribution in [1.29, 1.82) is 0 Å². The summed E-state index contributed by atoms with van der Waals surface area (Å²) in [5.74, 6) is -0.414. The number of hydrogen-bond donors (Lipinski definition) is 1. The zero-order valence-electron chi connectivity index (χ0n) is 11.9. The Labute approximate surface area is 136 Å². The summed E-state index contributed by atoms with van der Waals surface area (Å²) in [5, 5.41) is 3.20. The molecule has 2 aromatic carbocycles. The second kappa shape index (κ2) is 7.51. The Morgan fingerprint density at radius 2 is 1.95 bits per heavy atom. The second-order valence-corrected chi connectivity index (χ2v) is 6.68. The monoisotopic (exact) mass is 339 g/mol. The molecule has 0 spiro atoms. The number of nitrogens with one attached hydrogen (secondary N) is 1. The van der Waals surface area contributed by atoms with Gasteiger partial charge in [-0.05, 0) is 35.4 Å². The summed E-state index contributed by atoms with van der Waals surface area (Å²) in [6.07, 6.45) is 1.53. The van der Waals surface area contributed by atoms with E-state index in [1.807, 2.05) is 0 Å². The lowest BCUT2D eigenvalue weighted by atomic mass is 10.1. The first-order valence-corrected chi connectivity index (χ1v) is 8.68. The third kappa shape index (κ3) is 4.64. The van der Waals surface area contributed by atoms with Crippen molar-refractivity contribution >= 4 is 34.0 Å². The van der Waals surface area contributed by atoms with E-state index in [0.717, 1.165) is 0 Å². The number of carbonyl (C=O) groups excluding carboxylic acids is 1. The van der Waals surface area contributed by atoms with Gasteiger partial charge in [0, 0.05) is 33.5 Å². The minimum Gasteiger partial charge on any atom is -0.326 e. The highest BCUT2D eigenvalue weighted by Gasteiger charge is 2.10. The maximum absolute atomic E-state index is 13.5. The van der Waals surface area contributed by atoms with Gasteiger partial charge in [0.15, 0.2) is 0 Å². The van der Waals surface area contributed by atoms with Gasteiger partial charge in [0.2, 0.25) is 5.91 Å². The fraction of sp³-hybridized carbons (Fsp3) is 0.188. The lowest BCUT2D eigenvalue weighted by Gasteiger charge is -2.09. The average molecular weight is 340 g/mol. The molecule has 0 aromatic heterocycles. The summed E-state index contributed by atoms with van der Waals surface area (Å²) in [4.78, 5) is 12.0. The van der Waals surface area contributed by atoms with E-state index in [-0.39, 0.29) is 12.3 Å². The number of benzene rings is 2. The molecule has 0 saturated carbocycles. The average Bonchev–Trinajstić information content (AvgIpc) is 2.44. The van der Waals surface area contributed by atoms with E-state index in [4.69, 9.17) is 11.6 Å². The minimum atomic E-state index is -1.03. The summed E-state index contributed by atoms with van der Waals surface area (Å²) in [6.45, 7) is 0. The molecule has 0 bridgehead atoms. The van der Waals surface area contributed by atoms with Crippen molar-refractivity contribution in [3.8, 4) is 0 Å². The SMILES string of the molecule is CS(=O)Cc1cc(NC(=O)Cc2ccccc2F)ccc1Cl. The van der Waals surface area contributed by atoms with Gasteiger partial charge >= 0.3 is 0 Å². The molecule has 3 nitrogen and oxygen atoms in total. The maximum atomic E-state index is 13.5. The molecule has 1 atom stereocenters. The van der Waals surface area contributed by atoms with E-state index in [0.29, 0.717) is 27.6 Å². The molecule has 6 heteroatoms. The topological polar surface area (TPSA) is 46.2 Å². The van der Waals surface area contributed by atoms with Crippen LogP contribution in [0.1, 0.15) is 11.1 Å². The third-order valence-corrected chi connectivity index (χ3v) is 4.08. The molecular weight excluding hydrogens is 325 g/mol. The van der Waals surface area contributed by atoms with Gasteiger partial charge in [-0.25, -0.2) is 4.39 Å². The van der Waals surface area contributed by atoms with Crippen molar-refractivity contribution in [2.75, 3.05) is 11.6 Å². The molecule has 1 unspecified atom stereocenters. The van der Waals surface area contributed by atoms with E-state index >= 15 is 0 Å². The molecule has 0 radical (unpaired) electrons. The first-order chi connectivity index (χ1) is 10.5. The van der Waals surface area contributed by atoms with Crippen molar-refractivity contribution in [3.63, 3.8) is 0 Å². The van der Waals surface area contributed by atoms with Crippen molar-refractivity contribution in [1.82, 2.24) is 0 Å². The number of hydrogen-bond acceptors (Lipinski definition) is 2. The van der Waals surface area contributed by atoms with Crippen LogP contribution >= 0.6 is 11.6 Å². The van der Waals surface area contributed by atoms with Gasteiger partial charge in [-0.15, -0.1) is 0 Å². The lowest BCUT2D eigenvalue weighted by molar-refractivity contribution is -0.115. The van der Waals surface area contributed by atoms with Gasteiger partial charge in [0.25, 0.3) is 0 Å². The Morgan fingerprint density at radius 1 is 1.23 bits per heavy atom. The van der Waals surface area contributed by atoms with Crippen LogP contribution in [0, 0.1) is 5.82 Å². The molecule has 0 saturated heterocycles. The van der Waals surface area contributed by atoms with Crippen LogP contribution in [0.4, 0.5) is 10.1 Å². The predicted molar refractivity (Wildman–Crippen MR) is 88.0 cm³/mol. The predicted octanol–water partition coefficient (Wildman–Crippen LogP) is 3.54. The van der Waals surface area contributed by atoms with Gasteiger partial charge in [-0.3, -0.25) is 9.00 Å². The highest BCUT2D eigenvalue weighted by atomic mass is 35.5. The quantitative estimate of drug-likeness (QED) is 0.905. The van der Waals surface area contributed by atoms with Crippen molar-refractivity contribution < 1.29 is 13.4 Å². The first kappa shape index (κ1) is 16.6. The Bertz CT molecular complexity index is 721. The highest BCUT2D eigenvalue weighted by Crippen LogP contribution is 2.22. The lowest BCUT2D eigenvalue weighted by Crippen LogP contribution is -2.15. The molecule has 2 aromatic rings. The first-order valence-electron chi connectivity index (χ1n) is 6.57. The molecule has 22 heavy (non-hydrogen) atoms. The molecule has 0 aliphatic rings. The summed E-state index contributed by atoms with van der Waals surface area (Å²) in [6, 6.07) is 11.1. The molecule has 1 amide bonds. The zero-order valence-corrected chi connectivity index (χ0v) is 13.5. The number of carbonyl (C=O) groups is 1. The van der Waals surface area contributed by atoms with Gasteiger partial charge in [0.05, 0.1) is 6.42 Å². The normalized spacial score (nSPS) is 12.0. The molecule has 0 aliphatic carbocycles. The summed E-state index contributed by atoms with van der Waals surface area (Å²) in [5.41, 5.74) is 1.58. The second-order valence-electron chi connectivity index (χ2n) is 4.84. The van der Waals surface area contributed by atoms with Crippen molar-refractivity contribution in [3.05, 3.63) is 64.4 Å². The highest BCUT2D eigenvalue weighted by molar-refractivity contribution is 7.83. The third-order valence-electron chi connectivity index (χ3n) is 3.00. The number of rotatable bonds is 5. The van der Waals surface area contributed by atoms with Crippen LogP contribution in [-0.4, -0.2) is 16.4 Å². The summed E-state index contributed by atoms with van der Waals surface area (Å²) in [7, 11) is -1.03. The van der Waals surface area contributed by atoms with Crippen LogP contribution in [0.2, 0.25) is 5.02 Å². The molecule has 2 rings (SSSR count). The molecule has 0 heterocycles. The smallest absolute Gasteiger partial charge is 0.228 e. The van der Waals surface area contributed by atoms with Crippen LogP contribution in [-0.2, 0) is 27.8 Å². The van der Waals surface area contributed by atoms with E-state index in [1.165, 1.54) is 6.07 Å². The molecule has 1 N–H and O–H groups in total. The molecule has 0 aliphatic heterocycles. The fourth-order valence-corrected chi connectivity index (χ4v) is 2.94. The number of amides is 1. The van der Waals surface area contributed by atoms with E-state index in [9.17, 15) is 13.4 Å². The van der Waals surface area contributed by atoms with Gasteiger partial charge < -0.3 is 5.32 Å². The standard InChI is InChI=1S/C16H15ClFNO2S/c1-22(21)10-12-8-13(6-7-14(12)17)19-16(20)9-11-4-2-3-5-15(11)18/h2-8H,9-10H2,1H3,(H,19,20). The molecule has 0 fully saturated rings. The van der Waals surface area contributed by atoms with Gasteiger partial charge in [-0.1, -0.05) is 29.8 Å². The molecule has 116 valence electrons. The van der Waals surface area contributed by atoms with Crippen LogP contribution < -0.4 is 5.32 Å². The van der Waals surface area contributed by atoms with Crippen molar-refractivity contribution in [2.45, 2.75) is 12.2 Å². The summed E-state index contributed by atoms with van der Waals surface area (Å²) >= 11 is 6.03. The van der Waals surface area contributed by atoms with E-state index in [1.54, 1.807) is 42.7 Å². The maximum Gasteiger partial charge on any atom is 0.228 e. The number of anilines is 1. The zero-order chi connectivity index (χ0) is 16.1.